The number of benzene rings is 5. The monoisotopic (exact) mass is 673 g/mol. The van der Waals surface area contributed by atoms with Crippen LogP contribution in [-0.2, 0) is 61.5 Å². The van der Waals surface area contributed by atoms with Gasteiger partial charge < -0.3 is 28.4 Å². The second-order valence-electron chi connectivity index (χ2n) is 12.1. The highest BCUT2D eigenvalue weighted by molar-refractivity contribution is 5.67. The lowest BCUT2D eigenvalue weighted by atomic mass is 9.97. The first kappa shape index (κ1) is 35.0. The Hall–Kier alpha value is -4.83. The predicted molar refractivity (Wildman–Crippen MR) is 190 cm³/mol. The van der Waals surface area contributed by atoms with Gasteiger partial charge in [-0.05, 0) is 27.8 Å². The molecule has 258 valence electrons. The topological polar surface area (TPSA) is 84.5 Å². The molecule has 6 rings (SSSR count). The molecule has 5 atom stereocenters. The van der Waals surface area contributed by atoms with Gasteiger partial charge in [0.05, 0.1) is 33.0 Å². The molecule has 0 saturated carbocycles. The molecule has 8 nitrogen and oxygen atoms in total. The van der Waals surface area contributed by atoms with Crippen molar-refractivity contribution >= 4 is 6.09 Å². The Labute approximate surface area is 293 Å². The van der Waals surface area contributed by atoms with E-state index >= 15 is 0 Å². The fourth-order valence-electron chi connectivity index (χ4n) is 5.79. The number of carbonyl (C=O) groups excluding carboxylic acids is 1. The van der Waals surface area contributed by atoms with Crippen LogP contribution in [0.1, 0.15) is 27.8 Å². The second-order valence-corrected chi connectivity index (χ2v) is 12.1. The Morgan fingerprint density at radius 3 is 1.32 bits per heavy atom. The van der Waals surface area contributed by atoms with Gasteiger partial charge in [0.15, 0.2) is 6.23 Å². The van der Waals surface area contributed by atoms with Crippen LogP contribution in [0.15, 0.2) is 152 Å². The van der Waals surface area contributed by atoms with E-state index < -0.39 is 36.7 Å². The van der Waals surface area contributed by atoms with Gasteiger partial charge in [-0.3, -0.25) is 5.32 Å². The fourth-order valence-corrected chi connectivity index (χ4v) is 5.79. The van der Waals surface area contributed by atoms with E-state index in [2.05, 4.69) is 5.32 Å². The number of carbonyl (C=O) groups is 1. The molecule has 1 aliphatic heterocycles. The van der Waals surface area contributed by atoms with Crippen LogP contribution in [0.3, 0.4) is 0 Å². The molecule has 5 aromatic carbocycles. The second kappa shape index (κ2) is 18.8. The average molecular weight is 674 g/mol. The zero-order valence-electron chi connectivity index (χ0n) is 27.9. The number of nitrogens with one attached hydrogen (secondary N) is 1. The van der Waals surface area contributed by atoms with Gasteiger partial charge >= 0.3 is 6.09 Å². The maximum absolute atomic E-state index is 13.3. The quantitative estimate of drug-likeness (QED) is 0.115. The minimum atomic E-state index is -0.940. The van der Waals surface area contributed by atoms with Crippen molar-refractivity contribution in [1.82, 2.24) is 5.32 Å². The van der Waals surface area contributed by atoms with E-state index in [0.717, 1.165) is 27.8 Å². The molecule has 0 spiro atoms. The lowest BCUT2D eigenvalue weighted by molar-refractivity contribution is -0.276. The molecule has 5 aromatic rings. The molecular weight excluding hydrogens is 630 g/mol. The lowest BCUT2D eigenvalue weighted by Gasteiger charge is -2.46. The van der Waals surface area contributed by atoms with E-state index in [-0.39, 0.29) is 19.8 Å². The highest BCUT2D eigenvalue weighted by atomic mass is 16.6. The molecule has 0 aliphatic carbocycles. The first-order chi connectivity index (χ1) is 24.7. The van der Waals surface area contributed by atoms with Crippen molar-refractivity contribution in [3.05, 3.63) is 179 Å². The first-order valence-corrected chi connectivity index (χ1v) is 16.9. The van der Waals surface area contributed by atoms with E-state index in [1.165, 1.54) is 0 Å². The molecular formula is C42H43NO7. The van der Waals surface area contributed by atoms with Crippen molar-refractivity contribution in [2.75, 3.05) is 6.61 Å². The van der Waals surface area contributed by atoms with Gasteiger partial charge in [-0.25, -0.2) is 4.79 Å². The van der Waals surface area contributed by atoms with Gasteiger partial charge in [0.1, 0.15) is 31.0 Å². The summed E-state index contributed by atoms with van der Waals surface area (Å²) >= 11 is 0. The van der Waals surface area contributed by atoms with Crippen molar-refractivity contribution in [1.29, 1.82) is 0 Å². The Balaban J connectivity index is 1.28. The van der Waals surface area contributed by atoms with Gasteiger partial charge in [0.25, 0.3) is 0 Å². The molecule has 1 saturated heterocycles. The third-order valence-electron chi connectivity index (χ3n) is 8.36. The van der Waals surface area contributed by atoms with Gasteiger partial charge in [0, 0.05) is 0 Å². The van der Waals surface area contributed by atoms with E-state index in [4.69, 9.17) is 28.4 Å². The van der Waals surface area contributed by atoms with Crippen molar-refractivity contribution in [3.63, 3.8) is 0 Å². The smallest absolute Gasteiger partial charge is 0.409 e. The summed E-state index contributed by atoms with van der Waals surface area (Å²) in [6.45, 7) is 1.55. The molecule has 1 N–H and O–H groups in total. The summed E-state index contributed by atoms with van der Waals surface area (Å²) in [7, 11) is 0. The Kier molecular flexibility index (Phi) is 13.2. The predicted octanol–water partition coefficient (Wildman–Crippen LogP) is 7.61. The van der Waals surface area contributed by atoms with Gasteiger partial charge in [0.2, 0.25) is 0 Å². The summed E-state index contributed by atoms with van der Waals surface area (Å²) in [5.41, 5.74) is 4.87. The molecule has 0 aromatic heterocycles. The third kappa shape index (κ3) is 10.6. The van der Waals surface area contributed by atoms with E-state index in [1.807, 2.05) is 152 Å². The summed E-state index contributed by atoms with van der Waals surface area (Å²) in [6.07, 6.45) is -4.25. The molecule has 1 fully saturated rings. The molecule has 50 heavy (non-hydrogen) atoms. The maximum atomic E-state index is 13.3. The maximum Gasteiger partial charge on any atom is 0.409 e. The zero-order chi connectivity index (χ0) is 34.2. The van der Waals surface area contributed by atoms with Crippen molar-refractivity contribution in [2.45, 2.75) is 63.7 Å². The molecule has 1 aliphatic rings. The molecule has 8 heteroatoms. The number of amides is 1. The van der Waals surface area contributed by atoms with Crippen LogP contribution < -0.4 is 5.32 Å². The number of alkyl carbamates (subject to hydrolysis) is 1. The Bertz CT molecular complexity index is 1680. The highest BCUT2D eigenvalue weighted by Gasteiger charge is 2.49. The fraction of sp³-hybridized carbons (Fsp3) is 0.262. The summed E-state index contributed by atoms with van der Waals surface area (Å²) in [6, 6.07) is 49.2. The zero-order valence-corrected chi connectivity index (χ0v) is 27.9. The summed E-state index contributed by atoms with van der Waals surface area (Å²) in [5.74, 6) is 0. The van der Waals surface area contributed by atoms with E-state index in [9.17, 15) is 4.79 Å². The Morgan fingerprint density at radius 1 is 0.480 bits per heavy atom. The van der Waals surface area contributed by atoms with Crippen LogP contribution in [0.4, 0.5) is 4.79 Å². The Morgan fingerprint density at radius 2 is 0.860 bits per heavy atom. The van der Waals surface area contributed by atoms with E-state index in [1.54, 1.807) is 0 Å². The van der Waals surface area contributed by atoms with Gasteiger partial charge in [-0.15, -0.1) is 0 Å². The van der Waals surface area contributed by atoms with Crippen molar-refractivity contribution in [2.24, 2.45) is 0 Å². The minimum Gasteiger partial charge on any atom is -0.445 e. The third-order valence-corrected chi connectivity index (χ3v) is 8.36. The number of hydrogen-bond donors (Lipinski definition) is 1. The molecule has 0 bridgehead atoms. The molecule has 1 heterocycles. The standard InChI is InChI=1S/C42H43NO7/c44-42(49-30-36-24-14-5-15-25-36)43-41-40(48-29-35-22-12-4-13-23-35)39(47-28-34-20-10-3-11-21-34)38(46-27-33-18-8-2-9-19-33)37(50-41)31-45-26-32-16-6-1-7-17-32/h1-25,37-41H,26-31H2,(H,43,44)/t37-,38-,39+,40-,41?/m1/s1. The van der Waals surface area contributed by atoms with Crippen LogP contribution in [0.2, 0.25) is 0 Å². The van der Waals surface area contributed by atoms with Crippen LogP contribution in [0.5, 0.6) is 0 Å². The van der Waals surface area contributed by atoms with Crippen molar-refractivity contribution < 1.29 is 33.2 Å². The summed E-state index contributed by atoms with van der Waals surface area (Å²) in [4.78, 5) is 13.3. The van der Waals surface area contributed by atoms with Crippen molar-refractivity contribution in [3.8, 4) is 0 Å². The van der Waals surface area contributed by atoms with Crippen LogP contribution >= 0.6 is 0 Å². The van der Waals surface area contributed by atoms with Crippen LogP contribution in [-0.4, -0.2) is 43.3 Å². The highest BCUT2D eigenvalue weighted by Crippen LogP contribution is 2.30. The lowest BCUT2D eigenvalue weighted by Crippen LogP contribution is -2.65. The van der Waals surface area contributed by atoms with Gasteiger partial charge in [-0.2, -0.15) is 0 Å². The molecule has 1 unspecified atom stereocenters. The molecule has 0 radical (unpaired) electrons. The number of hydrogen-bond acceptors (Lipinski definition) is 7. The summed E-state index contributed by atoms with van der Waals surface area (Å²) < 4.78 is 38.5. The molecule has 1 amide bonds. The van der Waals surface area contributed by atoms with Gasteiger partial charge in [-0.1, -0.05) is 152 Å². The average Bonchev–Trinajstić information content (AvgIpc) is 3.17. The number of ether oxygens (including phenoxy) is 6. The summed E-state index contributed by atoms with van der Waals surface area (Å²) in [5, 5.41) is 2.94. The first-order valence-electron chi connectivity index (χ1n) is 16.9. The minimum absolute atomic E-state index is 0.106. The normalized spacial score (nSPS) is 20.2. The van der Waals surface area contributed by atoms with Crippen LogP contribution in [0, 0.1) is 0 Å². The largest absolute Gasteiger partial charge is 0.445 e. The van der Waals surface area contributed by atoms with Crippen LogP contribution in [0.25, 0.3) is 0 Å². The SMILES string of the molecule is O=C(NC1O[C@H](COCc2ccccc2)[C@@H](OCc2ccccc2)[C@H](OCc2ccccc2)[C@H]1OCc1ccccc1)OCc1ccccc1. The number of rotatable bonds is 16. The van der Waals surface area contributed by atoms with E-state index in [0.29, 0.717) is 19.8 Å².